The fraction of sp³-hybridized carbons (Fsp3) is 1.00. The molecule has 0 atom stereocenters. The maximum absolute atomic E-state index is 6.27. The Bertz CT molecular complexity index is 254. The van der Waals surface area contributed by atoms with E-state index in [9.17, 15) is 0 Å². The molecule has 1 radical (unpaired) electrons. The molecule has 0 bridgehead atoms. The lowest BCUT2D eigenvalue weighted by molar-refractivity contribution is 0.176. The molecule has 19 heavy (non-hydrogen) atoms. The largest absolute Gasteiger partial charge is 0.437 e. The van der Waals surface area contributed by atoms with Crippen molar-refractivity contribution in [3.05, 3.63) is 0 Å². The normalized spacial score (nSPS) is 14.5. The predicted octanol–water partition coefficient (Wildman–Crippen LogP) is 3.82. The van der Waals surface area contributed by atoms with E-state index in [4.69, 9.17) is 16.8 Å². The predicted molar refractivity (Wildman–Crippen MR) is 89.4 cm³/mol. The van der Waals surface area contributed by atoms with Gasteiger partial charge in [0.25, 0.3) is 0 Å². The first-order valence-electron chi connectivity index (χ1n) is 6.82. The molecule has 0 amide bonds. The summed E-state index contributed by atoms with van der Waals surface area (Å²) in [4.78, 5) is 0. The summed E-state index contributed by atoms with van der Waals surface area (Å²) in [6, 6.07) is 0. The molecule has 8 heteroatoms. The molecular weight excluding hydrogens is 308 g/mol. The third-order valence-electron chi connectivity index (χ3n) is 1.95. The minimum atomic E-state index is -2.22. The van der Waals surface area contributed by atoms with Gasteiger partial charge in [0.1, 0.15) is 0 Å². The molecule has 0 aromatic carbocycles. The van der Waals surface area contributed by atoms with Gasteiger partial charge in [0, 0.05) is 6.10 Å². The summed E-state index contributed by atoms with van der Waals surface area (Å²) in [5, 5.41) is 0. The van der Waals surface area contributed by atoms with Gasteiger partial charge >= 0.3 is 25.7 Å². The molecule has 0 spiro atoms. The highest BCUT2D eigenvalue weighted by atomic mass is 28.5. The molecule has 0 N–H and O–H groups in total. The lowest BCUT2D eigenvalue weighted by Gasteiger charge is -2.38. The second-order valence-corrected chi connectivity index (χ2v) is 19.5. The highest BCUT2D eigenvalue weighted by Gasteiger charge is 2.42. The van der Waals surface area contributed by atoms with Crippen molar-refractivity contribution in [1.82, 2.24) is 0 Å². The van der Waals surface area contributed by atoms with Crippen molar-refractivity contribution >= 4 is 34.7 Å². The van der Waals surface area contributed by atoms with E-state index in [1.54, 1.807) is 0 Å². The number of hydrogen-bond acceptors (Lipinski definition) is 4. The minimum Gasteiger partial charge on any atom is -0.437 e. The summed E-state index contributed by atoms with van der Waals surface area (Å²) in [6.07, 6.45) is 0.189. The Kier molecular flexibility index (Phi) is 7.38. The zero-order valence-corrected chi connectivity index (χ0v) is 18.2. The monoisotopic (exact) mass is 339 g/mol. The van der Waals surface area contributed by atoms with Gasteiger partial charge in [-0.15, -0.1) is 0 Å². The van der Waals surface area contributed by atoms with E-state index in [1.165, 1.54) is 0 Å². The molecule has 115 valence electrons. The van der Waals surface area contributed by atoms with Gasteiger partial charge in [-0.25, -0.2) is 0 Å². The van der Waals surface area contributed by atoms with Crippen LogP contribution in [0.4, 0.5) is 0 Å². The van der Waals surface area contributed by atoms with Crippen LogP contribution in [0.1, 0.15) is 13.8 Å². The van der Waals surface area contributed by atoms with Gasteiger partial charge in [0.05, 0.1) is 0 Å². The van der Waals surface area contributed by atoms with Crippen LogP contribution in [0.5, 0.6) is 0 Å². The Labute approximate surface area is 124 Å². The fourth-order valence-corrected chi connectivity index (χ4v) is 18.1. The Morgan fingerprint density at radius 3 is 1.53 bits per heavy atom. The molecule has 4 nitrogen and oxygen atoms in total. The van der Waals surface area contributed by atoms with Gasteiger partial charge in [-0.05, 0) is 66.2 Å². The van der Waals surface area contributed by atoms with E-state index in [-0.39, 0.29) is 6.10 Å². The molecule has 0 aromatic rings. The second kappa shape index (κ2) is 7.12. The van der Waals surface area contributed by atoms with Crippen molar-refractivity contribution in [2.75, 3.05) is 0 Å². The smallest absolute Gasteiger partial charge is 0.323 e. The van der Waals surface area contributed by atoms with E-state index in [1.807, 2.05) is 13.8 Å². The van der Waals surface area contributed by atoms with Crippen LogP contribution in [-0.4, -0.2) is 40.8 Å². The Morgan fingerprint density at radius 2 is 1.16 bits per heavy atom. The van der Waals surface area contributed by atoms with Crippen molar-refractivity contribution < 1.29 is 16.8 Å². The van der Waals surface area contributed by atoms with Crippen LogP contribution in [0.25, 0.3) is 0 Å². The molecule has 0 fully saturated rings. The Morgan fingerprint density at radius 1 is 0.737 bits per heavy atom. The second-order valence-electron chi connectivity index (χ2n) is 6.58. The summed E-state index contributed by atoms with van der Waals surface area (Å²) < 4.78 is 24.5. The quantitative estimate of drug-likeness (QED) is 0.630. The lowest BCUT2D eigenvalue weighted by Crippen LogP contribution is -2.55. The Balaban J connectivity index is 4.62. The SMILES string of the molecule is CC(C)O[Si](C)(C)O[Si](C)(C)O[Si](C)(C)O[Si](C)C. The zero-order chi connectivity index (χ0) is 15.5. The van der Waals surface area contributed by atoms with Gasteiger partial charge in [0.2, 0.25) is 0 Å². The average Bonchev–Trinajstić information content (AvgIpc) is 1.89. The maximum atomic E-state index is 6.27. The van der Waals surface area contributed by atoms with Crippen molar-refractivity contribution in [3.63, 3.8) is 0 Å². The van der Waals surface area contributed by atoms with Gasteiger partial charge in [0.15, 0.2) is 9.04 Å². The highest BCUT2D eigenvalue weighted by Crippen LogP contribution is 2.22. The van der Waals surface area contributed by atoms with E-state index in [2.05, 4.69) is 52.4 Å². The highest BCUT2D eigenvalue weighted by molar-refractivity contribution is 6.86. The molecular formula is C11H31O4Si4. The fourth-order valence-electron chi connectivity index (χ4n) is 2.31. The maximum Gasteiger partial charge on any atom is 0.323 e. The topological polar surface area (TPSA) is 36.9 Å². The van der Waals surface area contributed by atoms with Crippen LogP contribution < -0.4 is 0 Å². The summed E-state index contributed by atoms with van der Waals surface area (Å²) in [5.74, 6) is 0. The van der Waals surface area contributed by atoms with Gasteiger partial charge in [-0.3, -0.25) is 0 Å². The minimum absolute atomic E-state index is 0.189. The van der Waals surface area contributed by atoms with Crippen LogP contribution >= 0.6 is 0 Å². The van der Waals surface area contributed by atoms with Crippen molar-refractivity contribution in [2.45, 2.75) is 72.3 Å². The molecule has 0 heterocycles. The molecule has 0 saturated heterocycles. The third-order valence-corrected chi connectivity index (χ3v) is 14.5. The number of rotatable bonds is 8. The summed E-state index contributed by atoms with van der Waals surface area (Å²) in [6.45, 7) is 20.9. The first-order valence-corrected chi connectivity index (χ1v) is 17.7. The van der Waals surface area contributed by atoms with Crippen LogP contribution in [0.15, 0.2) is 0 Å². The molecule has 0 aliphatic rings. The Hall–Kier alpha value is 0.708. The molecule has 0 aliphatic heterocycles. The van der Waals surface area contributed by atoms with Gasteiger partial charge in [-0.1, -0.05) is 0 Å². The number of hydrogen-bond donors (Lipinski definition) is 0. The first-order chi connectivity index (χ1) is 8.25. The van der Waals surface area contributed by atoms with Gasteiger partial charge < -0.3 is 16.8 Å². The summed E-state index contributed by atoms with van der Waals surface area (Å²) >= 11 is 0. The van der Waals surface area contributed by atoms with Crippen molar-refractivity contribution in [1.29, 1.82) is 0 Å². The van der Waals surface area contributed by atoms with Crippen LogP contribution in [0.3, 0.4) is 0 Å². The first kappa shape index (κ1) is 19.7. The van der Waals surface area contributed by atoms with Crippen molar-refractivity contribution in [3.8, 4) is 0 Å². The molecule has 0 rings (SSSR count). The standard InChI is InChI=1S/C11H31O4Si4/c1-11(2)12-17(5,6)14-19(9,10)15-18(7,8)13-16(3)4/h11H,1-10H3. The molecule has 0 saturated carbocycles. The van der Waals surface area contributed by atoms with Crippen LogP contribution in [0, 0.1) is 0 Å². The molecule has 0 aromatic heterocycles. The third kappa shape index (κ3) is 10.1. The summed E-state index contributed by atoms with van der Waals surface area (Å²) in [7, 11) is -7.18. The summed E-state index contributed by atoms with van der Waals surface area (Å²) in [5.41, 5.74) is 0. The van der Waals surface area contributed by atoms with E-state index in [0.29, 0.717) is 0 Å². The van der Waals surface area contributed by atoms with Crippen molar-refractivity contribution in [2.24, 2.45) is 0 Å². The van der Waals surface area contributed by atoms with E-state index in [0.717, 1.165) is 0 Å². The van der Waals surface area contributed by atoms with Gasteiger partial charge in [-0.2, -0.15) is 0 Å². The van der Waals surface area contributed by atoms with Crippen LogP contribution in [0.2, 0.25) is 52.4 Å². The molecule has 0 unspecified atom stereocenters. The average molecular weight is 340 g/mol. The molecule has 0 aliphatic carbocycles. The van der Waals surface area contributed by atoms with Crippen LogP contribution in [-0.2, 0) is 16.8 Å². The lowest BCUT2D eigenvalue weighted by atomic mass is 10.5. The van der Waals surface area contributed by atoms with E-state index < -0.39 is 34.7 Å². The van der Waals surface area contributed by atoms with E-state index >= 15 is 0 Å². The zero-order valence-electron chi connectivity index (χ0n) is 14.2.